The minimum Gasteiger partial charge on any atom is -0.278 e. The Balaban J connectivity index is 2.14. The molecule has 0 atom stereocenters. The lowest BCUT2D eigenvalue weighted by Gasteiger charge is -2.06. The van der Waals surface area contributed by atoms with Gasteiger partial charge in [-0.05, 0) is 16.3 Å². The van der Waals surface area contributed by atoms with E-state index in [2.05, 4.69) is 10.1 Å². The van der Waals surface area contributed by atoms with Crippen molar-refractivity contribution in [1.82, 2.24) is 14.6 Å². The third kappa shape index (κ3) is 2.22. The summed E-state index contributed by atoms with van der Waals surface area (Å²) in [6.45, 7) is 0. The van der Waals surface area contributed by atoms with Gasteiger partial charge in [0.15, 0.2) is 5.65 Å². The maximum Gasteiger partial charge on any atom is 0.272 e. The first-order chi connectivity index (χ1) is 11.2. The fourth-order valence-electron chi connectivity index (χ4n) is 2.81. The Kier molecular flexibility index (Phi) is 3.36. The van der Waals surface area contributed by atoms with Crippen LogP contribution < -0.4 is 5.56 Å². The minimum absolute atomic E-state index is 0.170. The van der Waals surface area contributed by atoms with Gasteiger partial charge >= 0.3 is 0 Å². The molecule has 0 saturated heterocycles. The van der Waals surface area contributed by atoms with Gasteiger partial charge in [-0.1, -0.05) is 54.1 Å². The minimum atomic E-state index is -0.237. The first kappa shape index (κ1) is 14.3. The predicted molar refractivity (Wildman–Crippen MR) is 93.3 cm³/mol. The summed E-state index contributed by atoms with van der Waals surface area (Å²) in [7, 11) is 0. The van der Waals surface area contributed by atoms with E-state index in [-0.39, 0.29) is 11.4 Å². The Morgan fingerprint density at radius 2 is 1.91 bits per heavy atom. The molecule has 0 unspecified atom stereocenters. The van der Waals surface area contributed by atoms with Gasteiger partial charge in [0.2, 0.25) is 0 Å². The van der Waals surface area contributed by atoms with Crippen LogP contribution in [-0.4, -0.2) is 14.6 Å². The van der Waals surface area contributed by atoms with Crippen LogP contribution in [0.1, 0.15) is 5.69 Å². The normalized spacial score (nSPS) is 11.4. The average Bonchev–Trinajstić information content (AvgIpc) is 2.91. The Hall–Kier alpha value is -2.30. The highest BCUT2D eigenvalue weighted by molar-refractivity contribution is 6.33. The van der Waals surface area contributed by atoms with Gasteiger partial charge in [0.25, 0.3) is 5.56 Å². The molecule has 2 aromatic heterocycles. The van der Waals surface area contributed by atoms with Crippen molar-refractivity contribution in [1.29, 1.82) is 0 Å². The molecule has 1 N–H and O–H groups in total. The summed E-state index contributed by atoms with van der Waals surface area (Å²) in [6.07, 6.45) is 0. The molecule has 4 nitrogen and oxygen atoms in total. The number of alkyl halides is 1. The monoisotopic (exact) mass is 343 g/mol. The molecule has 4 rings (SSSR count). The molecule has 23 heavy (non-hydrogen) atoms. The molecule has 4 aromatic rings. The van der Waals surface area contributed by atoms with E-state index in [1.807, 2.05) is 42.5 Å². The van der Waals surface area contributed by atoms with Gasteiger partial charge in [0.1, 0.15) is 5.15 Å². The summed E-state index contributed by atoms with van der Waals surface area (Å²) in [5, 5.41) is 5.39. The standard InChI is InChI=1S/C17H11Cl2N3O/c18-9-11-8-14(23)22-17(20-11)15(16(19)21-22)13-7-3-5-10-4-1-2-6-12(10)13/h1-8,21H,9H2. The SMILES string of the molecule is O=c1cc(CCl)nc2c(-c3cccc4ccccc34)c(Cl)[nH]n12. The summed E-state index contributed by atoms with van der Waals surface area (Å²) in [4.78, 5) is 16.7. The molecule has 0 amide bonds. The summed E-state index contributed by atoms with van der Waals surface area (Å²) in [5.74, 6) is 0.170. The maximum absolute atomic E-state index is 12.2. The second-order valence-electron chi connectivity index (χ2n) is 5.21. The van der Waals surface area contributed by atoms with Gasteiger partial charge in [-0.25, -0.2) is 4.98 Å². The number of nitrogens with one attached hydrogen (secondary N) is 1. The van der Waals surface area contributed by atoms with Crippen molar-refractivity contribution >= 4 is 39.6 Å². The van der Waals surface area contributed by atoms with Crippen LogP contribution in [0.25, 0.3) is 27.5 Å². The zero-order chi connectivity index (χ0) is 16.0. The molecule has 0 radical (unpaired) electrons. The molecule has 0 aliphatic rings. The van der Waals surface area contributed by atoms with E-state index in [0.717, 1.165) is 16.3 Å². The molecule has 2 aromatic carbocycles. The van der Waals surface area contributed by atoms with Crippen molar-refractivity contribution in [3.05, 3.63) is 69.7 Å². The number of nitrogens with zero attached hydrogens (tertiary/aromatic N) is 2. The number of hydrogen-bond donors (Lipinski definition) is 1. The lowest BCUT2D eigenvalue weighted by molar-refractivity contribution is 0.888. The highest BCUT2D eigenvalue weighted by Crippen LogP contribution is 2.35. The van der Waals surface area contributed by atoms with Crippen molar-refractivity contribution < 1.29 is 0 Å². The lowest BCUT2D eigenvalue weighted by Crippen LogP contribution is -2.15. The van der Waals surface area contributed by atoms with Crippen molar-refractivity contribution in [3.8, 4) is 11.1 Å². The van der Waals surface area contributed by atoms with E-state index in [9.17, 15) is 4.79 Å². The van der Waals surface area contributed by atoms with Crippen LogP contribution in [0.15, 0.2) is 53.3 Å². The van der Waals surface area contributed by atoms with Crippen molar-refractivity contribution in [2.75, 3.05) is 0 Å². The van der Waals surface area contributed by atoms with E-state index < -0.39 is 0 Å². The third-order valence-corrected chi connectivity index (χ3v) is 4.37. The first-order valence-electron chi connectivity index (χ1n) is 7.03. The summed E-state index contributed by atoms with van der Waals surface area (Å²) in [6, 6.07) is 15.4. The maximum atomic E-state index is 12.2. The van der Waals surface area contributed by atoms with E-state index in [4.69, 9.17) is 23.2 Å². The highest BCUT2D eigenvalue weighted by atomic mass is 35.5. The topological polar surface area (TPSA) is 50.2 Å². The van der Waals surface area contributed by atoms with Crippen molar-refractivity contribution in [2.24, 2.45) is 0 Å². The van der Waals surface area contributed by atoms with E-state index >= 15 is 0 Å². The van der Waals surface area contributed by atoms with Crippen LogP contribution in [0.2, 0.25) is 5.15 Å². The Morgan fingerprint density at radius 1 is 1.13 bits per heavy atom. The zero-order valence-corrected chi connectivity index (χ0v) is 13.4. The van der Waals surface area contributed by atoms with Gasteiger partial charge in [0.05, 0.1) is 17.1 Å². The van der Waals surface area contributed by atoms with Gasteiger partial charge in [-0.15, -0.1) is 11.6 Å². The molecule has 0 saturated carbocycles. The van der Waals surface area contributed by atoms with Crippen LogP contribution >= 0.6 is 23.2 Å². The number of halogens is 2. The van der Waals surface area contributed by atoms with Crippen LogP contribution in [0.3, 0.4) is 0 Å². The summed E-state index contributed by atoms with van der Waals surface area (Å²) in [5.41, 5.74) is 2.39. The second kappa shape index (κ2) is 5.41. The first-order valence-corrected chi connectivity index (χ1v) is 7.94. The zero-order valence-electron chi connectivity index (χ0n) is 11.9. The lowest BCUT2D eigenvalue weighted by atomic mass is 10.0. The number of H-pyrrole nitrogens is 1. The van der Waals surface area contributed by atoms with Crippen LogP contribution in [-0.2, 0) is 5.88 Å². The third-order valence-electron chi connectivity index (χ3n) is 3.82. The van der Waals surface area contributed by atoms with E-state index in [1.165, 1.54) is 10.6 Å². The van der Waals surface area contributed by atoms with Crippen LogP contribution in [0.5, 0.6) is 0 Å². The number of aromatic nitrogens is 3. The molecule has 0 bridgehead atoms. The Bertz CT molecular complexity index is 1090. The van der Waals surface area contributed by atoms with Crippen LogP contribution in [0.4, 0.5) is 0 Å². The molecule has 0 spiro atoms. The molecule has 6 heteroatoms. The number of benzene rings is 2. The van der Waals surface area contributed by atoms with Gasteiger partial charge in [-0.2, -0.15) is 4.52 Å². The largest absolute Gasteiger partial charge is 0.278 e. The second-order valence-corrected chi connectivity index (χ2v) is 5.85. The van der Waals surface area contributed by atoms with Crippen molar-refractivity contribution in [2.45, 2.75) is 5.88 Å². The molecular formula is C17H11Cl2N3O. The molecular weight excluding hydrogens is 333 g/mol. The Labute approximate surface area is 141 Å². The summed E-state index contributed by atoms with van der Waals surface area (Å²) >= 11 is 12.2. The number of fused-ring (bicyclic) bond motifs is 2. The molecule has 0 fully saturated rings. The molecule has 0 aliphatic carbocycles. The fraction of sp³-hybridized carbons (Fsp3) is 0.0588. The van der Waals surface area contributed by atoms with E-state index in [0.29, 0.717) is 22.1 Å². The van der Waals surface area contributed by atoms with Gasteiger partial charge < -0.3 is 0 Å². The number of aromatic amines is 1. The fourth-order valence-corrected chi connectivity index (χ4v) is 3.22. The van der Waals surface area contributed by atoms with Crippen LogP contribution in [0, 0.1) is 0 Å². The molecule has 114 valence electrons. The smallest absolute Gasteiger partial charge is 0.272 e. The number of rotatable bonds is 2. The predicted octanol–water partition coefficient (Wildman–Crippen LogP) is 4.24. The molecule has 2 heterocycles. The van der Waals surface area contributed by atoms with E-state index in [1.54, 1.807) is 0 Å². The number of hydrogen-bond acceptors (Lipinski definition) is 2. The van der Waals surface area contributed by atoms with Crippen molar-refractivity contribution in [3.63, 3.8) is 0 Å². The average molecular weight is 344 g/mol. The molecule has 0 aliphatic heterocycles. The highest BCUT2D eigenvalue weighted by Gasteiger charge is 2.17. The Morgan fingerprint density at radius 3 is 2.74 bits per heavy atom. The summed E-state index contributed by atoms with van der Waals surface area (Å²) < 4.78 is 1.34. The van der Waals surface area contributed by atoms with Gasteiger partial charge in [-0.3, -0.25) is 9.89 Å². The quantitative estimate of drug-likeness (QED) is 0.553. The van der Waals surface area contributed by atoms with Gasteiger partial charge in [0, 0.05) is 6.07 Å².